The highest BCUT2D eigenvalue weighted by Crippen LogP contribution is 2.29. The topological polar surface area (TPSA) is 44.1 Å². The van der Waals surface area contributed by atoms with Crippen molar-refractivity contribution in [2.75, 3.05) is 6.61 Å². The lowest BCUT2D eigenvalue weighted by Gasteiger charge is -2.23. The Kier molecular flexibility index (Phi) is 4.91. The molecule has 0 atom stereocenters. The molecule has 0 bridgehead atoms. The van der Waals surface area contributed by atoms with E-state index in [1.165, 1.54) is 0 Å². The molecule has 1 aromatic heterocycles. The van der Waals surface area contributed by atoms with Gasteiger partial charge in [0.15, 0.2) is 5.78 Å². The minimum Gasteiger partial charge on any atom is -0.491 e. The minimum atomic E-state index is -0.643. The van der Waals surface area contributed by atoms with Crippen LogP contribution < -0.4 is 4.74 Å². The molecule has 4 nitrogen and oxygen atoms in total. The fourth-order valence-electron chi connectivity index (χ4n) is 1.69. The Morgan fingerprint density at radius 2 is 2.14 bits per heavy atom. The van der Waals surface area contributed by atoms with E-state index in [9.17, 15) is 4.79 Å². The number of aromatic nitrogens is 2. The molecule has 1 aromatic carbocycles. The highest BCUT2D eigenvalue weighted by Gasteiger charge is 2.28. The van der Waals surface area contributed by atoms with Crippen molar-refractivity contribution in [1.82, 2.24) is 9.55 Å². The number of hydrogen-bond acceptors (Lipinski definition) is 3. The second kappa shape index (κ2) is 6.50. The lowest BCUT2D eigenvalue weighted by atomic mass is 9.89. The van der Waals surface area contributed by atoms with E-state index in [1.807, 2.05) is 13.8 Å². The van der Waals surface area contributed by atoms with Gasteiger partial charge in [0.2, 0.25) is 0 Å². The van der Waals surface area contributed by atoms with Crippen molar-refractivity contribution in [2.24, 2.45) is 5.41 Å². The molecular formula is C15H16Cl2N2O2. The van der Waals surface area contributed by atoms with Crippen molar-refractivity contribution in [1.29, 1.82) is 0 Å². The van der Waals surface area contributed by atoms with Crippen LogP contribution in [0.5, 0.6) is 5.75 Å². The molecule has 112 valence electrons. The smallest absolute Gasteiger partial charge is 0.161 e. The van der Waals surface area contributed by atoms with Crippen molar-refractivity contribution in [3.05, 3.63) is 47.0 Å². The van der Waals surface area contributed by atoms with Crippen molar-refractivity contribution >= 4 is 29.0 Å². The first-order valence-corrected chi connectivity index (χ1v) is 7.21. The third-order valence-electron chi connectivity index (χ3n) is 3.12. The molecule has 2 aromatic rings. The summed E-state index contributed by atoms with van der Waals surface area (Å²) >= 11 is 11.9. The second-order valence-electron chi connectivity index (χ2n) is 5.41. The molecule has 2 rings (SSSR count). The average Bonchev–Trinajstić information content (AvgIpc) is 2.92. The van der Waals surface area contributed by atoms with Gasteiger partial charge in [-0.05, 0) is 26.0 Å². The molecule has 0 radical (unpaired) electrons. The summed E-state index contributed by atoms with van der Waals surface area (Å²) in [6.45, 7) is 4.16. The normalized spacial score (nSPS) is 11.4. The quantitative estimate of drug-likeness (QED) is 0.809. The number of halogens is 2. The number of ether oxygens (including phenoxy) is 1. The summed E-state index contributed by atoms with van der Waals surface area (Å²) in [7, 11) is 0. The first-order chi connectivity index (χ1) is 9.88. The molecule has 0 saturated carbocycles. The van der Waals surface area contributed by atoms with Gasteiger partial charge in [-0.1, -0.05) is 23.2 Å². The molecule has 0 aliphatic carbocycles. The van der Waals surface area contributed by atoms with E-state index in [4.69, 9.17) is 27.9 Å². The minimum absolute atomic E-state index is 0.0543. The molecule has 0 fully saturated rings. The summed E-state index contributed by atoms with van der Waals surface area (Å²) in [6.07, 6.45) is 5.01. The van der Waals surface area contributed by atoms with Crippen molar-refractivity contribution in [2.45, 2.75) is 20.4 Å². The van der Waals surface area contributed by atoms with E-state index >= 15 is 0 Å². The van der Waals surface area contributed by atoms with Crippen LogP contribution in [0.25, 0.3) is 0 Å². The molecule has 0 spiro atoms. The molecule has 0 aliphatic rings. The van der Waals surface area contributed by atoms with Gasteiger partial charge in [0.25, 0.3) is 0 Å². The summed E-state index contributed by atoms with van der Waals surface area (Å²) in [5.41, 5.74) is -0.643. The monoisotopic (exact) mass is 326 g/mol. The molecule has 0 unspecified atom stereocenters. The highest BCUT2D eigenvalue weighted by atomic mass is 35.5. The van der Waals surface area contributed by atoms with Gasteiger partial charge < -0.3 is 9.30 Å². The summed E-state index contributed by atoms with van der Waals surface area (Å²) in [6, 6.07) is 4.99. The molecular weight excluding hydrogens is 311 g/mol. The number of Topliss-reactive ketones (excluding diaryl/α,β-unsaturated/α-hetero) is 1. The number of ketones is 1. The zero-order valence-electron chi connectivity index (χ0n) is 11.8. The standard InChI is InChI=1S/C15H16Cl2N2O2/c1-15(2,14(20)8-19-6-5-18-10-19)9-21-13-7-11(16)3-4-12(13)17/h3-7,10H,8-9H2,1-2H3. The number of imidazole rings is 1. The maximum atomic E-state index is 12.3. The zero-order valence-corrected chi connectivity index (χ0v) is 13.4. The number of benzene rings is 1. The second-order valence-corrected chi connectivity index (χ2v) is 6.25. The van der Waals surface area contributed by atoms with Crippen LogP contribution in [-0.4, -0.2) is 21.9 Å². The third kappa shape index (κ3) is 4.22. The number of carbonyl (C=O) groups is 1. The van der Waals surface area contributed by atoms with Crippen LogP contribution in [0.3, 0.4) is 0 Å². The largest absolute Gasteiger partial charge is 0.491 e. The van der Waals surface area contributed by atoms with Crippen LogP contribution >= 0.6 is 23.2 Å². The Morgan fingerprint density at radius 1 is 1.38 bits per heavy atom. The van der Waals surface area contributed by atoms with Gasteiger partial charge in [-0.3, -0.25) is 4.79 Å². The maximum Gasteiger partial charge on any atom is 0.161 e. The number of carbonyl (C=O) groups excluding carboxylic acids is 1. The van der Waals surface area contributed by atoms with Gasteiger partial charge in [-0.2, -0.15) is 0 Å². The molecule has 0 amide bonds. The van der Waals surface area contributed by atoms with Crippen LogP contribution in [-0.2, 0) is 11.3 Å². The van der Waals surface area contributed by atoms with Gasteiger partial charge in [0.1, 0.15) is 12.4 Å². The van der Waals surface area contributed by atoms with E-state index < -0.39 is 5.41 Å². The molecule has 6 heteroatoms. The molecule has 21 heavy (non-hydrogen) atoms. The Morgan fingerprint density at radius 3 is 2.81 bits per heavy atom. The Bertz CT molecular complexity index is 625. The van der Waals surface area contributed by atoms with Gasteiger partial charge >= 0.3 is 0 Å². The third-order valence-corrected chi connectivity index (χ3v) is 3.67. The molecule has 0 N–H and O–H groups in total. The lowest BCUT2D eigenvalue weighted by molar-refractivity contribution is -0.129. The maximum absolute atomic E-state index is 12.3. The first-order valence-electron chi connectivity index (χ1n) is 6.45. The van der Waals surface area contributed by atoms with Gasteiger partial charge in [-0.25, -0.2) is 4.98 Å². The zero-order chi connectivity index (χ0) is 15.5. The fraction of sp³-hybridized carbons (Fsp3) is 0.333. The van der Waals surface area contributed by atoms with E-state index in [0.717, 1.165) is 0 Å². The lowest BCUT2D eigenvalue weighted by Crippen LogP contribution is -2.33. The predicted molar refractivity (Wildman–Crippen MR) is 83.0 cm³/mol. The van der Waals surface area contributed by atoms with Crippen molar-refractivity contribution in [3.63, 3.8) is 0 Å². The summed E-state index contributed by atoms with van der Waals surface area (Å²) < 4.78 is 7.39. The first kappa shape index (κ1) is 15.9. The van der Waals surface area contributed by atoms with Crippen molar-refractivity contribution < 1.29 is 9.53 Å². The Balaban J connectivity index is 2.00. The van der Waals surface area contributed by atoms with Gasteiger partial charge in [0, 0.05) is 23.5 Å². The summed E-state index contributed by atoms with van der Waals surface area (Å²) in [5.74, 6) is 0.534. The van der Waals surface area contributed by atoms with Crippen LogP contribution in [0, 0.1) is 5.41 Å². The van der Waals surface area contributed by atoms with Crippen LogP contribution in [0.15, 0.2) is 36.9 Å². The average molecular weight is 327 g/mol. The van der Waals surface area contributed by atoms with Crippen LogP contribution in [0.2, 0.25) is 10.0 Å². The number of rotatable bonds is 6. The van der Waals surface area contributed by atoms with E-state index in [1.54, 1.807) is 41.5 Å². The van der Waals surface area contributed by atoms with E-state index in [0.29, 0.717) is 15.8 Å². The summed E-state index contributed by atoms with van der Waals surface area (Å²) in [5, 5.41) is 1.01. The molecule has 0 saturated heterocycles. The highest BCUT2D eigenvalue weighted by molar-refractivity contribution is 6.34. The predicted octanol–water partition coefficient (Wildman–Crippen LogP) is 3.86. The number of hydrogen-bond donors (Lipinski definition) is 0. The number of nitrogens with zero attached hydrogens (tertiary/aromatic N) is 2. The SMILES string of the molecule is CC(C)(COc1cc(Cl)ccc1Cl)C(=O)Cn1ccnc1. The van der Waals surface area contributed by atoms with Gasteiger partial charge in [0.05, 0.1) is 23.3 Å². The van der Waals surface area contributed by atoms with Crippen LogP contribution in [0.1, 0.15) is 13.8 Å². The van der Waals surface area contributed by atoms with Crippen molar-refractivity contribution in [3.8, 4) is 5.75 Å². The Labute approximate surface area is 133 Å². The fourth-order valence-corrected chi connectivity index (χ4v) is 2.02. The summed E-state index contributed by atoms with van der Waals surface area (Å²) in [4.78, 5) is 16.2. The van der Waals surface area contributed by atoms with E-state index in [-0.39, 0.29) is 18.9 Å². The van der Waals surface area contributed by atoms with E-state index in [2.05, 4.69) is 4.98 Å². The van der Waals surface area contributed by atoms with Crippen LogP contribution in [0.4, 0.5) is 0 Å². The molecule has 1 heterocycles. The molecule has 0 aliphatic heterocycles. The van der Waals surface area contributed by atoms with Gasteiger partial charge in [-0.15, -0.1) is 0 Å². The Hall–Kier alpha value is -1.52.